The molecule has 1 aromatic heterocycles. The van der Waals surface area contributed by atoms with Gasteiger partial charge in [0.2, 0.25) is 0 Å². The zero-order chi connectivity index (χ0) is 14.1. The van der Waals surface area contributed by atoms with E-state index in [0.717, 1.165) is 18.4 Å². The summed E-state index contributed by atoms with van der Waals surface area (Å²) in [6.07, 6.45) is 5.68. The zero-order valence-corrected chi connectivity index (χ0v) is 11.6. The van der Waals surface area contributed by atoms with Gasteiger partial charge in [-0.05, 0) is 37.5 Å². The van der Waals surface area contributed by atoms with Crippen LogP contribution in [0.25, 0.3) is 10.9 Å². The number of carbonyl (C=O) groups excluding carboxylic acids is 1. The molecule has 1 amide bonds. The first-order valence-corrected chi connectivity index (χ1v) is 7.24. The van der Waals surface area contributed by atoms with Crippen LogP contribution in [0.3, 0.4) is 0 Å². The number of aromatic amines is 1. The number of carbonyl (C=O) groups is 1. The lowest BCUT2D eigenvalue weighted by molar-refractivity contribution is 0.0923. The van der Waals surface area contributed by atoms with Crippen molar-refractivity contribution in [3.05, 3.63) is 35.3 Å². The second-order valence-electron chi connectivity index (χ2n) is 5.64. The molecule has 0 spiro atoms. The van der Waals surface area contributed by atoms with Crippen LogP contribution in [0, 0.1) is 12.7 Å². The molecule has 0 radical (unpaired) electrons. The van der Waals surface area contributed by atoms with Crippen LogP contribution in [0.1, 0.15) is 48.2 Å². The minimum Gasteiger partial charge on any atom is -0.350 e. The Labute approximate surface area is 117 Å². The summed E-state index contributed by atoms with van der Waals surface area (Å²) in [4.78, 5) is 15.3. The third-order valence-corrected chi connectivity index (χ3v) is 4.13. The smallest absolute Gasteiger partial charge is 0.267 e. The highest BCUT2D eigenvalue weighted by atomic mass is 19.1. The van der Waals surface area contributed by atoms with Gasteiger partial charge in [-0.2, -0.15) is 0 Å². The summed E-state index contributed by atoms with van der Waals surface area (Å²) in [6.45, 7) is 1.90. The maximum Gasteiger partial charge on any atom is 0.267 e. The topological polar surface area (TPSA) is 44.9 Å². The molecule has 3 rings (SSSR count). The van der Waals surface area contributed by atoms with Crippen molar-refractivity contribution in [2.45, 2.75) is 45.1 Å². The lowest BCUT2D eigenvalue weighted by atomic mass is 9.95. The van der Waals surface area contributed by atoms with Crippen LogP contribution < -0.4 is 5.32 Å². The van der Waals surface area contributed by atoms with Crippen LogP contribution in [0.2, 0.25) is 0 Å². The highest BCUT2D eigenvalue weighted by Gasteiger charge is 2.18. The molecule has 3 nitrogen and oxygen atoms in total. The Morgan fingerprint density at radius 1 is 1.30 bits per heavy atom. The summed E-state index contributed by atoms with van der Waals surface area (Å²) in [5, 5.41) is 3.53. The molecule has 0 unspecified atom stereocenters. The van der Waals surface area contributed by atoms with Gasteiger partial charge in [-0.25, -0.2) is 4.39 Å². The molecule has 1 aliphatic carbocycles. The van der Waals surface area contributed by atoms with Gasteiger partial charge in [0.1, 0.15) is 11.5 Å². The Balaban J connectivity index is 1.84. The van der Waals surface area contributed by atoms with Gasteiger partial charge in [0.25, 0.3) is 5.91 Å². The molecule has 1 fully saturated rings. The second-order valence-corrected chi connectivity index (χ2v) is 5.64. The van der Waals surface area contributed by atoms with Crippen molar-refractivity contribution in [2.75, 3.05) is 0 Å². The van der Waals surface area contributed by atoms with E-state index in [1.807, 2.05) is 6.92 Å². The zero-order valence-electron chi connectivity index (χ0n) is 11.6. The quantitative estimate of drug-likeness (QED) is 0.862. The van der Waals surface area contributed by atoms with Gasteiger partial charge in [0.05, 0.1) is 5.52 Å². The van der Waals surface area contributed by atoms with E-state index in [0.29, 0.717) is 16.6 Å². The lowest BCUT2D eigenvalue weighted by Gasteiger charge is -2.22. The van der Waals surface area contributed by atoms with Crippen molar-refractivity contribution in [2.24, 2.45) is 0 Å². The van der Waals surface area contributed by atoms with E-state index in [1.54, 1.807) is 12.1 Å². The van der Waals surface area contributed by atoms with Gasteiger partial charge in [-0.1, -0.05) is 25.3 Å². The Bertz CT molecular complexity index is 602. The Morgan fingerprint density at radius 2 is 2.05 bits per heavy atom. The average Bonchev–Trinajstić information content (AvgIpc) is 2.91. The predicted molar refractivity (Wildman–Crippen MR) is 77.3 cm³/mol. The molecule has 4 heteroatoms. The van der Waals surface area contributed by atoms with Crippen molar-refractivity contribution in [1.29, 1.82) is 0 Å². The van der Waals surface area contributed by atoms with Crippen molar-refractivity contribution in [1.82, 2.24) is 10.3 Å². The SMILES string of the molecule is Cc1ccc(F)c2cc(C(=O)NC3CCCCC3)[nH]c12. The van der Waals surface area contributed by atoms with Gasteiger partial charge in [0, 0.05) is 11.4 Å². The first kappa shape index (κ1) is 13.2. The number of H-pyrrole nitrogens is 1. The summed E-state index contributed by atoms with van der Waals surface area (Å²) in [5.41, 5.74) is 2.09. The van der Waals surface area contributed by atoms with E-state index < -0.39 is 0 Å². The summed E-state index contributed by atoms with van der Waals surface area (Å²) in [6, 6.07) is 5.02. The van der Waals surface area contributed by atoms with E-state index in [-0.39, 0.29) is 17.8 Å². The molecule has 2 aromatic rings. The first-order chi connectivity index (χ1) is 9.65. The van der Waals surface area contributed by atoms with Crippen LogP contribution in [0.4, 0.5) is 4.39 Å². The average molecular weight is 274 g/mol. The number of hydrogen-bond donors (Lipinski definition) is 2. The van der Waals surface area contributed by atoms with E-state index in [9.17, 15) is 9.18 Å². The Kier molecular flexibility index (Phi) is 3.47. The van der Waals surface area contributed by atoms with Crippen molar-refractivity contribution in [3.8, 4) is 0 Å². The first-order valence-electron chi connectivity index (χ1n) is 7.24. The van der Waals surface area contributed by atoms with E-state index >= 15 is 0 Å². The monoisotopic (exact) mass is 274 g/mol. The summed E-state index contributed by atoms with van der Waals surface area (Å²) in [7, 11) is 0. The fourth-order valence-corrected chi connectivity index (χ4v) is 2.96. The third kappa shape index (κ3) is 2.42. The fraction of sp³-hybridized carbons (Fsp3) is 0.438. The van der Waals surface area contributed by atoms with Crippen molar-refractivity contribution >= 4 is 16.8 Å². The second kappa shape index (κ2) is 5.27. The largest absolute Gasteiger partial charge is 0.350 e. The minimum absolute atomic E-state index is 0.132. The number of aryl methyl sites for hydroxylation is 1. The Morgan fingerprint density at radius 3 is 2.75 bits per heavy atom. The molecule has 0 atom stereocenters. The molecule has 0 bridgehead atoms. The van der Waals surface area contributed by atoms with Gasteiger partial charge in [-0.3, -0.25) is 4.79 Å². The molecule has 1 saturated carbocycles. The van der Waals surface area contributed by atoms with Gasteiger partial charge >= 0.3 is 0 Å². The van der Waals surface area contributed by atoms with E-state index in [2.05, 4.69) is 10.3 Å². The van der Waals surface area contributed by atoms with Crippen LogP contribution >= 0.6 is 0 Å². The highest BCUT2D eigenvalue weighted by molar-refractivity contribution is 5.99. The standard InChI is InChI=1S/C16H19FN2O/c1-10-7-8-13(17)12-9-14(19-15(10)12)16(20)18-11-5-3-2-4-6-11/h7-9,11,19H,2-6H2,1H3,(H,18,20). The van der Waals surface area contributed by atoms with E-state index in [1.165, 1.54) is 25.3 Å². The molecule has 106 valence electrons. The molecule has 1 aromatic carbocycles. The number of aromatic nitrogens is 1. The molecule has 0 aliphatic heterocycles. The number of benzene rings is 1. The predicted octanol–water partition coefficient (Wildman–Crippen LogP) is 3.68. The van der Waals surface area contributed by atoms with Crippen LogP contribution in [-0.4, -0.2) is 16.9 Å². The molecule has 20 heavy (non-hydrogen) atoms. The number of hydrogen-bond acceptors (Lipinski definition) is 1. The molecule has 2 N–H and O–H groups in total. The Hall–Kier alpha value is -1.84. The number of amides is 1. The third-order valence-electron chi connectivity index (χ3n) is 4.13. The number of fused-ring (bicyclic) bond motifs is 1. The summed E-state index contributed by atoms with van der Waals surface area (Å²) < 4.78 is 13.7. The summed E-state index contributed by atoms with van der Waals surface area (Å²) in [5.74, 6) is -0.425. The molecule has 1 aliphatic rings. The maximum absolute atomic E-state index is 13.7. The molecular formula is C16H19FN2O. The van der Waals surface area contributed by atoms with Crippen molar-refractivity contribution in [3.63, 3.8) is 0 Å². The molecule has 0 saturated heterocycles. The van der Waals surface area contributed by atoms with Crippen LogP contribution in [-0.2, 0) is 0 Å². The van der Waals surface area contributed by atoms with Gasteiger partial charge in [-0.15, -0.1) is 0 Å². The van der Waals surface area contributed by atoms with Crippen LogP contribution in [0.15, 0.2) is 18.2 Å². The van der Waals surface area contributed by atoms with E-state index in [4.69, 9.17) is 0 Å². The fourth-order valence-electron chi connectivity index (χ4n) is 2.96. The molecule has 1 heterocycles. The highest BCUT2D eigenvalue weighted by Crippen LogP contribution is 2.23. The van der Waals surface area contributed by atoms with Gasteiger partial charge in [0.15, 0.2) is 0 Å². The number of nitrogens with one attached hydrogen (secondary N) is 2. The van der Waals surface area contributed by atoms with Crippen LogP contribution in [0.5, 0.6) is 0 Å². The number of rotatable bonds is 2. The molecular weight excluding hydrogens is 255 g/mol. The lowest BCUT2D eigenvalue weighted by Crippen LogP contribution is -2.36. The maximum atomic E-state index is 13.7. The number of halogens is 1. The normalized spacial score (nSPS) is 16.5. The minimum atomic E-state index is -0.293. The van der Waals surface area contributed by atoms with Gasteiger partial charge < -0.3 is 10.3 Å². The summed E-state index contributed by atoms with van der Waals surface area (Å²) >= 11 is 0. The van der Waals surface area contributed by atoms with Crippen molar-refractivity contribution < 1.29 is 9.18 Å².